The fourth-order valence-corrected chi connectivity index (χ4v) is 4.89. The Morgan fingerprint density at radius 1 is 1.03 bits per heavy atom. The maximum atomic E-state index is 14.7. The van der Waals surface area contributed by atoms with Crippen LogP contribution >= 0.6 is 0 Å². The molecule has 0 N–H and O–H groups in total. The van der Waals surface area contributed by atoms with Crippen molar-refractivity contribution in [2.45, 2.75) is 18.5 Å². The largest absolute Gasteiger partial charge is 0.481 e. The summed E-state index contributed by atoms with van der Waals surface area (Å²) in [5, 5.41) is 1.97. The molecule has 0 spiro atoms. The number of nitrogens with zero attached hydrogens (tertiary/aromatic N) is 2. The van der Waals surface area contributed by atoms with E-state index >= 15 is 0 Å². The van der Waals surface area contributed by atoms with E-state index in [1.54, 1.807) is 12.3 Å². The number of hydrogen-bond acceptors (Lipinski definition) is 5. The maximum Gasteiger partial charge on any atom is 0.329 e. The van der Waals surface area contributed by atoms with Crippen LogP contribution in [0.1, 0.15) is 22.6 Å². The van der Waals surface area contributed by atoms with Gasteiger partial charge in [-0.1, -0.05) is 42.5 Å². The molecule has 3 aromatic carbocycles. The van der Waals surface area contributed by atoms with Crippen LogP contribution in [0.4, 0.5) is 14.5 Å². The van der Waals surface area contributed by atoms with Crippen LogP contribution in [0.25, 0.3) is 10.8 Å². The lowest BCUT2D eigenvalue weighted by Gasteiger charge is -2.29. The lowest BCUT2D eigenvalue weighted by Crippen LogP contribution is -2.41. The molecule has 1 aliphatic heterocycles. The third-order valence-electron chi connectivity index (χ3n) is 6.35. The van der Waals surface area contributed by atoms with E-state index in [1.165, 1.54) is 26.4 Å². The molecule has 1 aromatic heterocycles. The molecule has 2 atom stereocenters. The first-order valence-electron chi connectivity index (χ1n) is 10.8. The molecule has 172 valence electrons. The molecule has 0 aliphatic carbocycles. The summed E-state index contributed by atoms with van der Waals surface area (Å²) in [7, 11) is 2.86. The van der Waals surface area contributed by atoms with Gasteiger partial charge in [-0.3, -0.25) is 0 Å². The Balaban J connectivity index is 1.77. The van der Waals surface area contributed by atoms with E-state index in [0.29, 0.717) is 5.88 Å². The number of carbonyl (C=O) groups is 1. The van der Waals surface area contributed by atoms with Crippen LogP contribution in [0.2, 0.25) is 0 Å². The number of pyridine rings is 1. The van der Waals surface area contributed by atoms with Crippen LogP contribution in [-0.4, -0.2) is 31.2 Å². The third-order valence-corrected chi connectivity index (χ3v) is 6.35. The summed E-state index contributed by atoms with van der Waals surface area (Å²) >= 11 is 0. The zero-order valence-corrected chi connectivity index (χ0v) is 18.7. The van der Waals surface area contributed by atoms with Crippen LogP contribution in [0.3, 0.4) is 0 Å². The van der Waals surface area contributed by atoms with Gasteiger partial charge < -0.3 is 14.4 Å². The monoisotopic (exact) mass is 460 g/mol. The van der Waals surface area contributed by atoms with Gasteiger partial charge in [-0.05, 0) is 34.5 Å². The fraction of sp³-hybridized carbons (Fsp3) is 0.185. The Labute approximate surface area is 195 Å². The lowest BCUT2D eigenvalue weighted by atomic mass is 9.85. The van der Waals surface area contributed by atoms with E-state index in [1.807, 2.05) is 47.4 Å². The topological polar surface area (TPSA) is 51.7 Å². The van der Waals surface area contributed by atoms with Crippen molar-refractivity contribution < 1.29 is 23.0 Å². The second-order valence-electron chi connectivity index (χ2n) is 8.13. The number of rotatable bonds is 5. The van der Waals surface area contributed by atoms with Crippen molar-refractivity contribution in [1.29, 1.82) is 0 Å². The second kappa shape index (κ2) is 8.74. The molecule has 2 unspecified atom stereocenters. The zero-order chi connectivity index (χ0) is 23.8. The normalized spacial score (nSPS) is 17.0. The number of ether oxygens (including phenoxy) is 2. The van der Waals surface area contributed by atoms with Gasteiger partial charge >= 0.3 is 5.97 Å². The average Bonchev–Trinajstić information content (AvgIpc) is 3.19. The molecule has 4 aromatic rings. The van der Waals surface area contributed by atoms with E-state index in [2.05, 4.69) is 4.98 Å². The first kappa shape index (κ1) is 21.8. The molecular weight excluding hydrogens is 438 g/mol. The van der Waals surface area contributed by atoms with Crippen LogP contribution in [0.15, 0.2) is 72.9 Å². The Kier molecular flexibility index (Phi) is 5.61. The number of carbonyl (C=O) groups excluding carboxylic acids is 1. The molecule has 34 heavy (non-hydrogen) atoms. The standard InChI is InChI=1S/C27H22F2N2O3/c1-33-26-20(8-5-13-30-26)24-23-19-7-4-3-6-16(19)10-12-22(23)31(25(24)27(32)34-2)15-17-9-11-18(28)14-21(17)29/h3-14,24-25H,15H2,1-2H3. The van der Waals surface area contributed by atoms with E-state index in [0.717, 1.165) is 33.7 Å². The smallest absolute Gasteiger partial charge is 0.329 e. The van der Waals surface area contributed by atoms with Crippen molar-refractivity contribution in [2.75, 3.05) is 19.1 Å². The minimum Gasteiger partial charge on any atom is -0.481 e. The van der Waals surface area contributed by atoms with Crippen molar-refractivity contribution in [3.8, 4) is 5.88 Å². The van der Waals surface area contributed by atoms with Crippen LogP contribution in [0, 0.1) is 11.6 Å². The number of hydrogen-bond donors (Lipinski definition) is 0. The summed E-state index contributed by atoms with van der Waals surface area (Å²) in [4.78, 5) is 19.4. The first-order valence-corrected chi connectivity index (χ1v) is 10.8. The van der Waals surface area contributed by atoms with Gasteiger partial charge in [0.2, 0.25) is 5.88 Å². The molecular formula is C27H22F2N2O3. The fourth-order valence-electron chi connectivity index (χ4n) is 4.89. The lowest BCUT2D eigenvalue weighted by molar-refractivity contribution is -0.142. The molecule has 0 saturated heterocycles. The summed E-state index contributed by atoms with van der Waals surface area (Å²) in [6.45, 7) is 0.0519. The van der Waals surface area contributed by atoms with Crippen LogP contribution < -0.4 is 9.64 Å². The minimum atomic E-state index is -0.812. The van der Waals surface area contributed by atoms with Crippen molar-refractivity contribution in [1.82, 2.24) is 4.98 Å². The van der Waals surface area contributed by atoms with Crippen molar-refractivity contribution in [3.05, 3.63) is 101 Å². The number of benzene rings is 3. The van der Waals surface area contributed by atoms with Gasteiger partial charge in [-0.2, -0.15) is 0 Å². The molecule has 0 saturated carbocycles. The van der Waals surface area contributed by atoms with Gasteiger partial charge in [0.1, 0.15) is 17.7 Å². The number of methoxy groups -OCH3 is 2. The summed E-state index contributed by atoms with van der Waals surface area (Å²) in [6, 6.07) is 18.1. The zero-order valence-electron chi connectivity index (χ0n) is 18.7. The minimum absolute atomic E-state index is 0.0519. The SMILES string of the molecule is COC(=O)C1C(c2cccnc2OC)c2c(ccc3ccccc23)N1Cc1ccc(F)cc1F. The van der Waals surface area contributed by atoms with E-state index in [4.69, 9.17) is 9.47 Å². The highest BCUT2D eigenvalue weighted by Gasteiger charge is 2.46. The quantitative estimate of drug-likeness (QED) is 0.383. The maximum absolute atomic E-state index is 14.7. The molecule has 0 radical (unpaired) electrons. The first-order chi connectivity index (χ1) is 16.5. The highest BCUT2D eigenvalue weighted by Crippen LogP contribution is 2.50. The number of anilines is 1. The summed E-state index contributed by atoms with van der Waals surface area (Å²) in [5.41, 5.74) is 2.67. The van der Waals surface area contributed by atoms with Crippen LogP contribution in [-0.2, 0) is 16.1 Å². The van der Waals surface area contributed by atoms with Gasteiger partial charge in [0.15, 0.2) is 0 Å². The number of aromatic nitrogens is 1. The third kappa shape index (κ3) is 3.53. The molecule has 5 nitrogen and oxygen atoms in total. The van der Waals surface area contributed by atoms with Crippen molar-refractivity contribution in [2.24, 2.45) is 0 Å². The molecule has 0 amide bonds. The molecule has 0 bridgehead atoms. The Bertz CT molecular complexity index is 1390. The van der Waals surface area contributed by atoms with Gasteiger partial charge in [0.25, 0.3) is 0 Å². The Morgan fingerprint density at radius 2 is 1.85 bits per heavy atom. The van der Waals surface area contributed by atoms with E-state index < -0.39 is 29.6 Å². The second-order valence-corrected chi connectivity index (χ2v) is 8.13. The average molecular weight is 460 g/mol. The highest BCUT2D eigenvalue weighted by atomic mass is 19.1. The van der Waals surface area contributed by atoms with Gasteiger partial charge in [-0.25, -0.2) is 18.6 Å². The van der Waals surface area contributed by atoms with E-state index in [-0.39, 0.29) is 12.1 Å². The van der Waals surface area contributed by atoms with Crippen LogP contribution in [0.5, 0.6) is 5.88 Å². The number of halogens is 2. The Hall–Kier alpha value is -4.00. The Morgan fingerprint density at radius 3 is 2.62 bits per heavy atom. The van der Waals surface area contributed by atoms with Crippen molar-refractivity contribution >= 4 is 22.4 Å². The summed E-state index contributed by atoms with van der Waals surface area (Å²) in [5.74, 6) is -1.89. The molecule has 1 aliphatic rings. The van der Waals surface area contributed by atoms with Crippen molar-refractivity contribution in [3.63, 3.8) is 0 Å². The van der Waals surface area contributed by atoms with Gasteiger partial charge in [0.05, 0.1) is 14.2 Å². The predicted molar refractivity (Wildman–Crippen MR) is 125 cm³/mol. The summed E-state index contributed by atoms with van der Waals surface area (Å²) in [6.07, 6.45) is 1.63. The molecule has 7 heteroatoms. The summed E-state index contributed by atoms with van der Waals surface area (Å²) < 4.78 is 39.0. The van der Waals surface area contributed by atoms with Gasteiger partial charge in [0, 0.05) is 41.5 Å². The molecule has 2 heterocycles. The van der Waals surface area contributed by atoms with Gasteiger partial charge in [-0.15, -0.1) is 0 Å². The highest BCUT2D eigenvalue weighted by molar-refractivity contribution is 5.97. The predicted octanol–water partition coefficient (Wildman–Crippen LogP) is 5.22. The molecule has 5 rings (SSSR count). The van der Waals surface area contributed by atoms with E-state index in [9.17, 15) is 13.6 Å². The molecule has 0 fully saturated rings. The number of esters is 1. The number of fused-ring (bicyclic) bond motifs is 3.